The lowest BCUT2D eigenvalue weighted by molar-refractivity contribution is -0.152. The van der Waals surface area contributed by atoms with E-state index in [0.717, 1.165) is 5.56 Å². The Morgan fingerprint density at radius 3 is 2.67 bits per heavy atom. The van der Waals surface area contributed by atoms with Gasteiger partial charge < -0.3 is 14.6 Å². The molecule has 0 radical (unpaired) electrons. The van der Waals surface area contributed by atoms with Crippen LogP contribution in [0.15, 0.2) is 42.5 Å². The SMILES string of the molecule is CC1(CCC2CC(=O)C=CC2(O)C#Cc2ccccc2)OCCO1. The summed E-state index contributed by atoms with van der Waals surface area (Å²) in [6.45, 7) is 3.06. The topological polar surface area (TPSA) is 55.8 Å². The van der Waals surface area contributed by atoms with Gasteiger partial charge in [0.15, 0.2) is 11.6 Å². The van der Waals surface area contributed by atoms with Crippen LogP contribution in [-0.2, 0) is 14.3 Å². The fourth-order valence-electron chi connectivity index (χ4n) is 3.12. The van der Waals surface area contributed by atoms with E-state index < -0.39 is 11.4 Å². The summed E-state index contributed by atoms with van der Waals surface area (Å²) in [5.74, 6) is 5.09. The Balaban J connectivity index is 1.76. The minimum Gasteiger partial charge on any atom is -0.374 e. The van der Waals surface area contributed by atoms with Crippen molar-refractivity contribution in [3.05, 3.63) is 48.0 Å². The Hall–Kier alpha value is -1.93. The summed E-state index contributed by atoms with van der Waals surface area (Å²) in [6.07, 6.45) is 4.46. The lowest BCUT2D eigenvalue weighted by atomic mass is 9.76. The van der Waals surface area contributed by atoms with Crippen molar-refractivity contribution in [1.82, 2.24) is 0 Å². The number of hydrogen-bond donors (Lipinski definition) is 1. The third-order valence-corrected chi connectivity index (χ3v) is 4.62. The van der Waals surface area contributed by atoms with E-state index in [1.54, 1.807) is 0 Å². The maximum Gasteiger partial charge on any atom is 0.165 e. The van der Waals surface area contributed by atoms with Gasteiger partial charge in [0.25, 0.3) is 0 Å². The van der Waals surface area contributed by atoms with Crippen LogP contribution in [0.3, 0.4) is 0 Å². The Morgan fingerprint density at radius 2 is 1.96 bits per heavy atom. The van der Waals surface area contributed by atoms with Crippen molar-refractivity contribution in [3.8, 4) is 11.8 Å². The monoisotopic (exact) mass is 326 g/mol. The van der Waals surface area contributed by atoms with Gasteiger partial charge in [-0.3, -0.25) is 4.79 Å². The predicted octanol–water partition coefficient (Wildman–Crippen LogP) is 2.46. The Bertz CT molecular complexity index is 677. The van der Waals surface area contributed by atoms with E-state index in [2.05, 4.69) is 11.8 Å². The predicted molar refractivity (Wildman–Crippen MR) is 90.1 cm³/mol. The summed E-state index contributed by atoms with van der Waals surface area (Å²) < 4.78 is 11.2. The molecule has 2 atom stereocenters. The number of rotatable bonds is 3. The Kier molecular flexibility index (Phi) is 4.86. The van der Waals surface area contributed by atoms with Crippen molar-refractivity contribution in [3.63, 3.8) is 0 Å². The molecule has 1 N–H and O–H groups in total. The molecular formula is C20H22O4. The van der Waals surface area contributed by atoms with Gasteiger partial charge >= 0.3 is 0 Å². The largest absolute Gasteiger partial charge is 0.374 e. The first-order valence-corrected chi connectivity index (χ1v) is 8.30. The van der Waals surface area contributed by atoms with Crippen molar-refractivity contribution >= 4 is 5.78 Å². The molecule has 1 aromatic carbocycles. The van der Waals surface area contributed by atoms with Gasteiger partial charge in [-0.25, -0.2) is 0 Å². The van der Waals surface area contributed by atoms with Gasteiger partial charge in [-0.1, -0.05) is 30.0 Å². The van der Waals surface area contributed by atoms with Gasteiger partial charge in [0, 0.05) is 24.3 Å². The number of ether oxygens (including phenoxy) is 2. The molecule has 4 nitrogen and oxygen atoms in total. The molecule has 1 aliphatic carbocycles. The highest BCUT2D eigenvalue weighted by Gasteiger charge is 2.40. The zero-order chi connectivity index (χ0) is 17.0. The van der Waals surface area contributed by atoms with Crippen molar-refractivity contribution < 1.29 is 19.4 Å². The zero-order valence-electron chi connectivity index (χ0n) is 13.8. The molecule has 1 heterocycles. The maximum atomic E-state index is 11.8. The van der Waals surface area contributed by atoms with Crippen molar-refractivity contribution in [1.29, 1.82) is 0 Å². The molecule has 2 unspecified atom stereocenters. The molecule has 0 aromatic heterocycles. The highest BCUT2D eigenvalue weighted by molar-refractivity contribution is 5.91. The number of carbonyl (C=O) groups is 1. The van der Waals surface area contributed by atoms with Crippen LogP contribution >= 0.6 is 0 Å². The molecule has 0 saturated carbocycles. The van der Waals surface area contributed by atoms with Crippen molar-refractivity contribution in [2.75, 3.05) is 13.2 Å². The first-order valence-electron chi connectivity index (χ1n) is 8.30. The van der Waals surface area contributed by atoms with Gasteiger partial charge in [-0.2, -0.15) is 0 Å². The van der Waals surface area contributed by atoms with Crippen LogP contribution in [-0.4, -0.2) is 35.5 Å². The third kappa shape index (κ3) is 3.93. The first kappa shape index (κ1) is 16.9. The van der Waals surface area contributed by atoms with Gasteiger partial charge in [-0.05, 0) is 37.6 Å². The van der Waals surface area contributed by atoms with E-state index in [9.17, 15) is 9.90 Å². The number of hydrogen-bond acceptors (Lipinski definition) is 4. The average Bonchev–Trinajstić information content (AvgIpc) is 3.02. The number of carbonyl (C=O) groups excluding carboxylic acids is 1. The molecule has 2 aliphatic rings. The van der Waals surface area contributed by atoms with Crippen LogP contribution in [0.1, 0.15) is 31.7 Å². The Morgan fingerprint density at radius 1 is 1.25 bits per heavy atom. The summed E-state index contributed by atoms with van der Waals surface area (Å²) in [6, 6.07) is 9.52. The van der Waals surface area contributed by atoms with Gasteiger partial charge in [0.2, 0.25) is 0 Å². The van der Waals surface area contributed by atoms with E-state index in [-0.39, 0.29) is 18.1 Å². The lowest BCUT2D eigenvalue weighted by Crippen LogP contribution is -2.40. The molecule has 3 rings (SSSR count). The molecule has 4 heteroatoms. The molecular weight excluding hydrogens is 304 g/mol. The minimum absolute atomic E-state index is 0.0181. The van der Waals surface area contributed by atoms with Crippen LogP contribution in [0, 0.1) is 17.8 Å². The zero-order valence-corrected chi connectivity index (χ0v) is 13.8. The molecule has 1 saturated heterocycles. The summed E-state index contributed by atoms with van der Waals surface area (Å²) >= 11 is 0. The van der Waals surface area contributed by atoms with Crippen LogP contribution in [0.5, 0.6) is 0 Å². The van der Waals surface area contributed by atoms with E-state index in [4.69, 9.17) is 9.47 Å². The fourth-order valence-corrected chi connectivity index (χ4v) is 3.12. The molecule has 0 amide bonds. The molecule has 1 fully saturated rings. The highest BCUT2D eigenvalue weighted by Crippen LogP contribution is 2.35. The van der Waals surface area contributed by atoms with Crippen LogP contribution in [0.25, 0.3) is 0 Å². The van der Waals surface area contributed by atoms with Crippen molar-refractivity contribution in [2.45, 2.75) is 37.6 Å². The minimum atomic E-state index is -1.31. The standard InChI is InChI=1S/C20H22O4/c1-19(23-13-14-24-19)10-8-17-15-18(21)9-12-20(17,22)11-7-16-5-3-2-4-6-16/h2-6,9,12,17,22H,8,10,13-15H2,1H3. The molecule has 126 valence electrons. The second-order valence-corrected chi connectivity index (χ2v) is 6.51. The van der Waals surface area contributed by atoms with Gasteiger partial charge in [0.05, 0.1) is 13.2 Å². The maximum absolute atomic E-state index is 11.8. The van der Waals surface area contributed by atoms with Crippen LogP contribution < -0.4 is 0 Å². The van der Waals surface area contributed by atoms with Gasteiger partial charge in [0.1, 0.15) is 5.60 Å². The summed E-state index contributed by atoms with van der Waals surface area (Å²) in [7, 11) is 0. The van der Waals surface area contributed by atoms with E-state index in [1.165, 1.54) is 12.2 Å². The molecule has 24 heavy (non-hydrogen) atoms. The van der Waals surface area contributed by atoms with Crippen LogP contribution in [0.4, 0.5) is 0 Å². The van der Waals surface area contributed by atoms with E-state index in [0.29, 0.717) is 26.1 Å². The van der Waals surface area contributed by atoms with Crippen molar-refractivity contribution in [2.24, 2.45) is 5.92 Å². The number of ketones is 1. The molecule has 1 aromatic rings. The quantitative estimate of drug-likeness (QED) is 0.867. The first-order chi connectivity index (χ1) is 11.5. The van der Waals surface area contributed by atoms with Gasteiger partial charge in [-0.15, -0.1) is 0 Å². The fraction of sp³-hybridized carbons (Fsp3) is 0.450. The highest BCUT2D eigenvalue weighted by atomic mass is 16.7. The number of allylic oxidation sites excluding steroid dienone is 1. The summed E-state index contributed by atoms with van der Waals surface area (Å²) in [5.41, 5.74) is -0.469. The van der Waals surface area contributed by atoms with Crippen LogP contribution in [0.2, 0.25) is 0 Å². The average molecular weight is 326 g/mol. The van der Waals surface area contributed by atoms with E-state index in [1.807, 2.05) is 37.3 Å². The van der Waals surface area contributed by atoms with E-state index >= 15 is 0 Å². The normalized spacial score (nSPS) is 28.4. The lowest BCUT2D eigenvalue weighted by Gasteiger charge is -2.33. The molecule has 0 bridgehead atoms. The molecule has 1 aliphatic heterocycles. The second-order valence-electron chi connectivity index (χ2n) is 6.51. The second kappa shape index (κ2) is 6.90. The number of benzene rings is 1. The summed E-state index contributed by atoms with van der Waals surface area (Å²) in [4.78, 5) is 11.8. The smallest absolute Gasteiger partial charge is 0.165 e. The molecule has 0 spiro atoms. The summed E-state index contributed by atoms with van der Waals surface area (Å²) in [5, 5.41) is 11.0. The number of aliphatic hydroxyl groups is 1. The Labute approximate surface area is 142 Å². The third-order valence-electron chi connectivity index (χ3n) is 4.62.